The number of aliphatic hydroxyl groups excluding tert-OH is 1. The molecule has 1 saturated heterocycles. The first kappa shape index (κ1) is 18.3. The van der Waals surface area contributed by atoms with E-state index in [2.05, 4.69) is 4.98 Å². The molecule has 1 aliphatic rings. The van der Waals surface area contributed by atoms with Crippen LogP contribution in [0.1, 0.15) is 17.2 Å². The molecular formula is C20H12ClFN2O3S. The van der Waals surface area contributed by atoms with Gasteiger partial charge < -0.3 is 5.11 Å². The van der Waals surface area contributed by atoms with Gasteiger partial charge in [0, 0.05) is 22.2 Å². The molecule has 5 nitrogen and oxygen atoms in total. The maximum absolute atomic E-state index is 13.4. The second-order valence-corrected chi connectivity index (χ2v) is 7.35. The summed E-state index contributed by atoms with van der Waals surface area (Å²) in [6, 6.07) is 10.7. The van der Waals surface area contributed by atoms with Crippen LogP contribution in [0, 0.1) is 5.82 Å². The fourth-order valence-corrected chi connectivity index (χ4v) is 3.88. The topological polar surface area (TPSA) is 70.5 Å². The maximum atomic E-state index is 13.4. The lowest BCUT2D eigenvalue weighted by Crippen LogP contribution is -2.29. The second kappa shape index (κ2) is 7.18. The summed E-state index contributed by atoms with van der Waals surface area (Å²) in [5.74, 6) is -2.42. The smallest absolute Gasteiger partial charge is 0.301 e. The van der Waals surface area contributed by atoms with E-state index in [0.29, 0.717) is 21.3 Å². The Labute approximate surface area is 168 Å². The fraction of sp³-hybridized carbons (Fsp3) is 0.0500. The van der Waals surface area contributed by atoms with Gasteiger partial charge in [0.1, 0.15) is 11.6 Å². The van der Waals surface area contributed by atoms with Crippen LogP contribution in [0.5, 0.6) is 0 Å². The molecule has 2 heterocycles. The van der Waals surface area contributed by atoms with E-state index in [1.54, 1.807) is 29.6 Å². The number of carbonyl (C=O) groups is 2. The van der Waals surface area contributed by atoms with Gasteiger partial charge >= 0.3 is 5.91 Å². The van der Waals surface area contributed by atoms with Crippen LogP contribution < -0.4 is 4.90 Å². The van der Waals surface area contributed by atoms with Crippen LogP contribution in [0.15, 0.2) is 65.7 Å². The van der Waals surface area contributed by atoms with Gasteiger partial charge in [-0.05, 0) is 42.0 Å². The summed E-state index contributed by atoms with van der Waals surface area (Å²) >= 11 is 7.07. The maximum Gasteiger partial charge on any atom is 0.301 e. The molecule has 1 atom stereocenters. The van der Waals surface area contributed by atoms with Crippen LogP contribution in [0.3, 0.4) is 0 Å². The van der Waals surface area contributed by atoms with E-state index < -0.39 is 23.5 Å². The quantitative estimate of drug-likeness (QED) is 0.387. The number of anilines is 1. The van der Waals surface area contributed by atoms with Crippen LogP contribution in [0.2, 0.25) is 5.02 Å². The van der Waals surface area contributed by atoms with Gasteiger partial charge in [0.2, 0.25) is 0 Å². The summed E-state index contributed by atoms with van der Waals surface area (Å²) in [7, 11) is 0. The number of rotatable bonds is 3. The zero-order valence-corrected chi connectivity index (χ0v) is 15.7. The third kappa shape index (κ3) is 3.08. The van der Waals surface area contributed by atoms with E-state index >= 15 is 0 Å². The number of aliphatic hydroxyl groups is 1. The van der Waals surface area contributed by atoms with Crippen LogP contribution in [-0.2, 0) is 9.59 Å². The van der Waals surface area contributed by atoms with Gasteiger partial charge in [-0.15, -0.1) is 11.3 Å². The van der Waals surface area contributed by atoms with Crippen molar-refractivity contribution in [3.63, 3.8) is 0 Å². The van der Waals surface area contributed by atoms with Gasteiger partial charge in [0.25, 0.3) is 5.78 Å². The molecular weight excluding hydrogens is 403 g/mol. The van der Waals surface area contributed by atoms with E-state index in [1.165, 1.54) is 46.7 Å². The van der Waals surface area contributed by atoms with E-state index in [0.717, 1.165) is 0 Å². The van der Waals surface area contributed by atoms with Gasteiger partial charge in [0.15, 0.2) is 5.13 Å². The van der Waals surface area contributed by atoms with Gasteiger partial charge in [0.05, 0.1) is 11.6 Å². The first-order valence-electron chi connectivity index (χ1n) is 8.19. The molecule has 1 aromatic heterocycles. The van der Waals surface area contributed by atoms with Crippen LogP contribution in [-0.4, -0.2) is 21.8 Å². The molecule has 2 aromatic carbocycles. The first-order valence-corrected chi connectivity index (χ1v) is 9.45. The Morgan fingerprint density at radius 3 is 2.39 bits per heavy atom. The van der Waals surface area contributed by atoms with E-state index in [4.69, 9.17) is 11.6 Å². The minimum absolute atomic E-state index is 0.0888. The molecule has 0 aliphatic carbocycles. The van der Waals surface area contributed by atoms with Crippen molar-refractivity contribution >= 4 is 45.5 Å². The normalized spacial score (nSPS) is 18.6. The Morgan fingerprint density at radius 2 is 1.79 bits per heavy atom. The lowest BCUT2D eigenvalue weighted by Gasteiger charge is -2.22. The number of benzene rings is 2. The minimum atomic E-state index is -0.928. The molecule has 8 heteroatoms. The van der Waals surface area contributed by atoms with Crippen molar-refractivity contribution in [2.45, 2.75) is 6.04 Å². The summed E-state index contributed by atoms with van der Waals surface area (Å²) in [5, 5.41) is 13.3. The number of ketones is 1. The first-order chi connectivity index (χ1) is 13.5. The van der Waals surface area contributed by atoms with Crippen molar-refractivity contribution in [3.8, 4) is 0 Å². The lowest BCUT2D eigenvalue weighted by atomic mass is 9.95. The number of thiazole rings is 1. The Morgan fingerprint density at radius 1 is 1.11 bits per heavy atom. The highest BCUT2D eigenvalue weighted by molar-refractivity contribution is 7.14. The molecule has 1 fully saturated rings. The number of Topliss-reactive ketones (excluding diaryl/α,β-unsaturated/α-hetero) is 1. The molecule has 1 N–H and O–H groups in total. The van der Waals surface area contributed by atoms with Crippen molar-refractivity contribution in [3.05, 3.63) is 87.6 Å². The molecule has 1 amide bonds. The number of amides is 1. The van der Waals surface area contributed by atoms with Crippen LogP contribution in [0.25, 0.3) is 5.76 Å². The van der Waals surface area contributed by atoms with E-state index in [-0.39, 0.29) is 11.3 Å². The molecule has 1 unspecified atom stereocenters. The molecule has 3 aromatic rings. The molecule has 4 rings (SSSR count). The summed E-state index contributed by atoms with van der Waals surface area (Å²) in [5.41, 5.74) is 0.731. The minimum Gasteiger partial charge on any atom is -0.507 e. The molecule has 28 heavy (non-hydrogen) atoms. The Hall–Kier alpha value is -3.03. The molecule has 140 valence electrons. The zero-order chi connectivity index (χ0) is 19.8. The predicted octanol–water partition coefficient (Wildman–Crippen LogP) is 4.56. The highest BCUT2D eigenvalue weighted by Crippen LogP contribution is 2.42. The zero-order valence-electron chi connectivity index (χ0n) is 14.2. The lowest BCUT2D eigenvalue weighted by molar-refractivity contribution is -0.132. The highest BCUT2D eigenvalue weighted by Gasteiger charge is 2.47. The Balaban J connectivity index is 1.93. The number of hydrogen-bond donors (Lipinski definition) is 1. The monoisotopic (exact) mass is 414 g/mol. The van der Waals surface area contributed by atoms with Crippen molar-refractivity contribution in [2.75, 3.05) is 4.90 Å². The summed E-state index contributed by atoms with van der Waals surface area (Å²) in [4.78, 5) is 30.9. The SMILES string of the molecule is O=C1C(=O)N(c2nccs2)C(c2ccc(F)cc2)C1=C(O)c1ccc(Cl)cc1. The third-order valence-corrected chi connectivity index (χ3v) is 5.40. The average Bonchev–Trinajstić information content (AvgIpc) is 3.30. The van der Waals surface area contributed by atoms with Crippen molar-refractivity contribution < 1.29 is 19.1 Å². The highest BCUT2D eigenvalue weighted by atomic mass is 35.5. The average molecular weight is 415 g/mol. The Kier molecular flexibility index (Phi) is 4.70. The molecule has 0 radical (unpaired) electrons. The largest absolute Gasteiger partial charge is 0.507 e. The van der Waals surface area contributed by atoms with Crippen LogP contribution >= 0.6 is 22.9 Å². The van der Waals surface area contributed by atoms with Gasteiger partial charge in [-0.1, -0.05) is 23.7 Å². The van der Waals surface area contributed by atoms with Crippen molar-refractivity contribution in [1.82, 2.24) is 4.98 Å². The van der Waals surface area contributed by atoms with E-state index in [9.17, 15) is 19.1 Å². The van der Waals surface area contributed by atoms with Crippen molar-refractivity contribution in [2.24, 2.45) is 0 Å². The second-order valence-electron chi connectivity index (χ2n) is 6.04. The number of aromatic nitrogens is 1. The van der Waals surface area contributed by atoms with Crippen LogP contribution in [0.4, 0.5) is 9.52 Å². The van der Waals surface area contributed by atoms with Crippen molar-refractivity contribution in [1.29, 1.82) is 0 Å². The standard InChI is InChI=1S/C20H12ClFN2O3S/c21-13-5-1-12(2-6-13)17(25)15-16(11-3-7-14(22)8-4-11)24(19(27)18(15)26)20-23-9-10-28-20/h1-10,16,25H. The number of nitrogens with zero attached hydrogens (tertiary/aromatic N) is 2. The molecule has 0 bridgehead atoms. The number of hydrogen-bond acceptors (Lipinski definition) is 5. The molecule has 0 saturated carbocycles. The number of carbonyl (C=O) groups excluding carboxylic acids is 2. The number of halogens is 2. The molecule has 0 spiro atoms. The summed E-state index contributed by atoms with van der Waals surface area (Å²) in [6.07, 6.45) is 1.51. The van der Waals surface area contributed by atoms with Gasteiger partial charge in [-0.25, -0.2) is 9.37 Å². The third-order valence-electron chi connectivity index (χ3n) is 4.37. The Bertz CT molecular complexity index is 1080. The van der Waals surface area contributed by atoms with E-state index in [1.807, 2.05) is 0 Å². The van der Waals surface area contributed by atoms with Gasteiger partial charge in [-0.3, -0.25) is 14.5 Å². The predicted molar refractivity (Wildman–Crippen MR) is 105 cm³/mol. The van der Waals surface area contributed by atoms with Gasteiger partial charge in [-0.2, -0.15) is 0 Å². The molecule has 1 aliphatic heterocycles. The summed E-state index contributed by atoms with van der Waals surface area (Å²) < 4.78 is 13.4. The summed E-state index contributed by atoms with van der Waals surface area (Å²) in [6.45, 7) is 0. The fourth-order valence-electron chi connectivity index (χ4n) is 3.09.